The van der Waals surface area contributed by atoms with Crippen molar-refractivity contribution >= 4 is 40.7 Å². The normalized spacial score (nSPS) is 14.4. The molecule has 0 bridgehead atoms. The zero-order valence-electron chi connectivity index (χ0n) is 17.0. The predicted octanol–water partition coefficient (Wildman–Crippen LogP) is 5.66. The third-order valence-electron chi connectivity index (χ3n) is 5.16. The summed E-state index contributed by atoms with van der Waals surface area (Å²) in [7, 11) is 0. The molecule has 3 rings (SSSR count). The number of piperidine rings is 1. The van der Waals surface area contributed by atoms with Crippen LogP contribution in [0.5, 0.6) is 5.75 Å². The molecule has 0 spiro atoms. The van der Waals surface area contributed by atoms with E-state index in [9.17, 15) is 9.59 Å². The zero-order valence-corrected chi connectivity index (χ0v) is 18.5. The highest BCUT2D eigenvalue weighted by Gasteiger charge is 2.21. The van der Waals surface area contributed by atoms with Crippen molar-refractivity contribution in [2.24, 2.45) is 5.92 Å². The molecule has 1 heterocycles. The highest BCUT2D eigenvalue weighted by Crippen LogP contribution is 2.27. The van der Waals surface area contributed by atoms with Gasteiger partial charge in [-0.05, 0) is 61.6 Å². The van der Waals surface area contributed by atoms with Gasteiger partial charge in [-0.3, -0.25) is 9.59 Å². The predicted molar refractivity (Wildman–Crippen MR) is 121 cm³/mol. The first-order chi connectivity index (χ1) is 14.4. The van der Waals surface area contributed by atoms with E-state index >= 15 is 0 Å². The van der Waals surface area contributed by atoms with Gasteiger partial charge >= 0.3 is 0 Å². The fourth-order valence-electron chi connectivity index (χ4n) is 3.35. The van der Waals surface area contributed by atoms with E-state index in [2.05, 4.69) is 12.2 Å². The second-order valence-electron chi connectivity index (χ2n) is 7.63. The average Bonchev–Trinajstić information content (AvgIpc) is 2.73. The van der Waals surface area contributed by atoms with Crippen molar-refractivity contribution < 1.29 is 14.3 Å². The van der Waals surface area contributed by atoms with Crippen LogP contribution in [0.2, 0.25) is 10.0 Å². The van der Waals surface area contributed by atoms with Crippen LogP contribution in [0.4, 0.5) is 5.69 Å². The van der Waals surface area contributed by atoms with Crippen molar-refractivity contribution in [2.75, 3.05) is 25.0 Å². The van der Waals surface area contributed by atoms with E-state index in [0.29, 0.717) is 52.4 Å². The van der Waals surface area contributed by atoms with Crippen molar-refractivity contribution in [3.63, 3.8) is 0 Å². The number of carbonyl (C=O) groups is 2. The van der Waals surface area contributed by atoms with Crippen LogP contribution in [-0.4, -0.2) is 36.4 Å². The number of hydrogen-bond donors (Lipinski definition) is 1. The van der Waals surface area contributed by atoms with Gasteiger partial charge < -0.3 is 15.0 Å². The van der Waals surface area contributed by atoms with Crippen LogP contribution in [0.1, 0.15) is 43.0 Å². The minimum Gasteiger partial charge on any atom is -0.492 e. The highest BCUT2D eigenvalue weighted by molar-refractivity contribution is 6.35. The molecule has 1 aliphatic heterocycles. The van der Waals surface area contributed by atoms with Crippen molar-refractivity contribution in [3.8, 4) is 5.75 Å². The summed E-state index contributed by atoms with van der Waals surface area (Å²) in [6.45, 7) is 4.15. The van der Waals surface area contributed by atoms with Crippen LogP contribution < -0.4 is 10.1 Å². The molecule has 5 nitrogen and oxygen atoms in total. The van der Waals surface area contributed by atoms with Gasteiger partial charge in [-0.25, -0.2) is 0 Å². The quantitative estimate of drug-likeness (QED) is 0.555. The lowest BCUT2D eigenvalue weighted by Gasteiger charge is -2.30. The fourth-order valence-corrected chi connectivity index (χ4v) is 3.82. The highest BCUT2D eigenvalue weighted by atomic mass is 35.5. The van der Waals surface area contributed by atoms with Crippen molar-refractivity contribution in [2.45, 2.75) is 32.6 Å². The summed E-state index contributed by atoms with van der Waals surface area (Å²) in [5, 5.41) is 3.84. The molecular weight excluding hydrogens is 423 g/mol. The number of nitrogens with one attached hydrogen (secondary N) is 1. The van der Waals surface area contributed by atoms with Crippen LogP contribution in [0, 0.1) is 5.92 Å². The summed E-state index contributed by atoms with van der Waals surface area (Å²) in [5.74, 6) is 1.10. The monoisotopic (exact) mass is 448 g/mol. The zero-order chi connectivity index (χ0) is 21.5. The first kappa shape index (κ1) is 22.4. The van der Waals surface area contributed by atoms with E-state index in [-0.39, 0.29) is 11.8 Å². The van der Waals surface area contributed by atoms with E-state index in [1.807, 2.05) is 4.90 Å². The van der Waals surface area contributed by atoms with E-state index in [1.54, 1.807) is 42.5 Å². The van der Waals surface area contributed by atoms with E-state index in [0.717, 1.165) is 25.9 Å². The smallest absolute Gasteiger partial charge is 0.253 e. The van der Waals surface area contributed by atoms with Crippen molar-refractivity contribution in [1.82, 2.24) is 4.90 Å². The van der Waals surface area contributed by atoms with E-state index in [4.69, 9.17) is 27.9 Å². The Morgan fingerprint density at radius 2 is 1.90 bits per heavy atom. The molecule has 1 saturated heterocycles. The molecule has 2 aromatic rings. The van der Waals surface area contributed by atoms with Gasteiger partial charge in [0.2, 0.25) is 5.91 Å². The van der Waals surface area contributed by atoms with Gasteiger partial charge in [0, 0.05) is 35.8 Å². The molecule has 0 aromatic heterocycles. The summed E-state index contributed by atoms with van der Waals surface area (Å²) >= 11 is 11.9. The van der Waals surface area contributed by atoms with Gasteiger partial charge in [-0.1, -0.05) is 36.2 Å². The molecule has 0 unspecified atom stereocenters. The molecule has 1 N–H and O–H groups in total. The van der Waals surface area contributed by atoms with Gasteiger partial charge in [-0.15, -0.1) is 0 Å². The molecule has 2 aromatic carbocycles. The largest absolute Gasteiger partial charge is 0.492 e. The number of amides is 2. The lowest BCUT2D eigenvalue weighted by Crippen LogP contribution is -2.37. The number of carbonyl (C=O) groups excluding carboxylic acids is 2. The number of benzene rings is 2. The molecule has 0 radical (unpaired) electrons. The van der Waals surface area contributed by atoms with Gasteiger partial charge in [0.05, 0.1) is 11.6 Å². The number of hydrogen-bond acceptors (Lipinski definition) is 3. The Bertz CT molecular complexity index is 896. The minimum atomic E-state index is -0.128. The molecule has 30 heavy (non-hydrogen) atoms. The summed E-state index contributed by atoms with van der Waals surface area (Å²) in [6, 6.07) is 12.1. The standard InChI is InChI=1S/C23H26Cl2N2O3/c1-16-9-11-27(12-10-16)23(29)17-4-2-5-19(14-17)26-22(28)6-3-13-30-21-8-7-18(24)15-20(21)25/h2,4-5,7-8,14-16H,3,6,9-13H2,1H3,(H,26,28). The van der Waals surface area contributed by atoms with Gasteiger partial charge in [0.1, 0.15) is 5.75 Å². The first-order valence-electron chi connectivity index (χ1n) is 10.2. The van der Waals surface area contributed by atoms with Crippen LogP contribution in [0.15, 0.2) is 42.5 Å². The number of rotatable bonds is 7. The Hall–Kier alpha value is -2.24. The molecule has 0 saturated carbocycles. The topological polar surface area (TPSA) is 58.6 Å². The van der Waals surface area contributed by atoms with Crippen LogP contribution in [-0.2, 0) is 4.79 Å². The molecule has 2 amide bonds. The second kappa shape index (κ2) is 10.7. The molecule has 1 aliphatic rings. The molecular formula is C23H26Cl2N2O3. The Kier molecular flexibility index (Phi) is 8.00. The minimum absolute atomic E-state index is 0.0197. The molecule has 0 aliphatic carbocycles. The number of likely N-dealkylation sites (tertiary alicyclic amines) is 1. The van der Waals surface area contributed by atoms with Crippen molar-refractivity contribution in [3.05, 3.63) is 58.1 Å². The van der Waals surface area contributed by atoms with Crippen LogP contribution in [0.25, 0.3) is 0 Å². The Balaban J connectivity index is 1.46. The lowest BCUT2D eigenvalue weighted by atomic mass is 9.98. The van der Waals surface area contributed by atoms with Gasteiger partial charge in [0.15, 0.2) is 0 Å². The molecule has 7 heteroatoms. The number of nitrogens with zero attached hydrogens (tertiary/aromatic N) is 1. The van der Waals surface area contributed by atoms with E-state index < -0.39 is 0 Å². The maximum atomic E-state index is 12.7. The SMILES string of the molecule is CC1CCN(C(=O)c2cccc(NC(=O)CCCOc3ccc(Cl)cc3Cl)c2)CC1. The Morgan fingerprint density at radius 3 is 2.63 bits per heavy atom. The maximum absolute atomic E-state index is 12.7. The molecule has 160 valence electrons. The second-order valence-corrected chi connectivity index (χ2v) is 8.47. The van der Waals surface area contributed by atoms with Crippen LogP contribution >= 0.6 is 23.2 Å². The van der Waals surface area contributed by atoms with Gasteiger partial charge in [-0.2, -0.15) is 0 Å². The number of ether oxygens (including phenoxy) is 1. The third kappa shape index (κ3) is 6.38. The molecule has 0 atom stereocenters. The molecule has 1 fully saturated rings. The number of anilines is 1. The Morgan fingerprint density at radius 1 is 1.13 bits per heavy atom. The number of halogens is 2. The van der Waals surface area contributed by atoms with Gasteiger partial charge in [0.25, 0.3) is 5.91 Å². The fraction of sp³-hybridized carbons (Fsp3) is 0.391. The summed E-state index contributed by atoms with van der Waals surface area (Å²) in [4.78, 5) is 26.9. The average molecular weight is 449 g/mol. The summed E-state index contributed by atoms with van der Waals surface area (Å²) in [5.41, 5.74) is 1.22. The maximum Gasteiger partial charge on any atom is 0.253 e. The lowest BCUT2D eigenvalue weighted by molar-refractivity contribution is -0.116. The van der Waals surface area contributed by atoms with Crippen molar-refractivity contribution in [1.29, 1.82) is 0 Å². The van der Waals surface area contributed by atoms with Crippen LogP contribution in [0.3, 0.4) is 0 Å². The summed E-state index contributed by atoms with van der Waals surface area (Å²) < 4.78 is 5.60. The summed E-state index contributed by atoms with van der Waals surface area (Å²) in [6.07, 6.45) is 2.90. The third-order valence-corrected chi connectivity index (χ3v) is 5.69. The Labute approximate surface area is 187 Å². The first-order valence-corrected chi connectivity index (χ1v) is 10.9. The van der Waals surface area contributed by atoms with E-state index in [1.165, 1.54) is 0 Å².